The van der Waals surface area contributed by atoms with Crippen molar-refractivity contribution in [2.75, 3.05) is 0 Å². The first-order valence-corrected chi connectivity index (χ1v) is 8.72. The fraction of sp³-hybridized carbons (Fsp3) is 0.200. The van der Waals surface area contributed by atoms with E-state index in [1.54, 1.807) is 24.3 Å². The molecule has 1 saturated carbocycles. The highest BCUT2D eigenvalue weighted by molar-refractivity contribution is 7.92. The molecule has 1 aliphatic rings. The second-order valence-corrected chi connectivity index (χ2v) is 8.10. The second-order valence-electron chi connectivity index (χ2n) is 5.12. The van der Waals surface area contributed by atoms with Gasteiger partial charge in [-0.2, -0.15) is 0 Å². The Bertz CT molecular complexity index is 757. The zero-order valence-corrected chi connectivity index (χ0v) is 13.2. The van der Waals surface area contributed by atoms with E-state index in [1.165, 1.54) is 12.1 Å². The van der Waals surface area contributed by atoms with Gasteiger partial charge in [-0.05, 0) is 42.0 Å². The summed E-state index contributed by atoms with van der Waals surface area (Å²) in [5.41, 5.74) is 6.89. The number of halogens is 2. The molecule has 2 aromatic rings. The van der Waals surface area contributed by atoms with Gasteiger partial charge >= 0.3 is 0 Å². The summed E-state index contributed by atoms with van der Waals surface area (Å²) in [6, 6.07) is 12.9. The van der Waals surface area contributed by atoms with Gasteiger partial charge < -0.3 is 5.73 Å². The van der Waals surface area contributed by atoms with Gasteiger partial charge in [0.05, 0.1) is 10.1 Å². The lowest BCUT2D eigenvalue weighted by atomic mass is 10.1. The molecular formula is C15H13Cl2NO2S. The van der Waals surface area contributed by atoms with Gasteiger partial charge in [0.15, 0.2) is 9.84 Å². The van der Waals surface area contributed by atoms with Gasteiger partial charge in [0, 0.05) is 22.0 Å². The second kappa shape index (κ2) is 5.29. The Balaban J connectivity index is 1.91. The first-order chi connectivity index (χ1) is 9.91. The van der Waals surface area contributed by atoms with Crippen LogP contribution in [-0.2, 0) is 9.84 Å². The highest BCUT2D eigenvalue weighted by Gasteiger charge is 2.57. The van der Waals surface area contributed by atoms with Gasteiger partial charge in [-0.3, -0.25) is 0 Å². The largest absolute Gasteiger partial charge is 0.326 e. The molecule has 0 heterocycles. The van der Waals surface area contributed by atoms with Crippen LogP contribution < -0.4 is 5.73 Å². The number of sulfone groups is 1. The van der Waals surface area contributed by atoms with Gasteiger partial charge in [0.1, 0.15) is 0 Å². The molecule has 0 unspecified atom stereocenters. The molecule has 110 valence electrons. The van der Waals surface area contributed by atoms with Gasteiger partial charge in [-0.25, -0.2) is 8.42 Å². The van der Waals surface area contributed by atoms with Crippen molar-refractivity contribution in [1.29, 1.82) is 0 Å². The van der Waals surface area contributed by atoms with Crippen molar-refractivity contribution < 1.29 is 8.42 Å². The average Bonchev–Trinajstić information content (AvgIpc) is 3.12. The minimum absolute atomic E-state index is 0.192. The number of benzene rings is 2. The monoisotopic (exact) mass is 341 g/mol. The van der Waals surface area contributed by atoms with Gasteiger partial charge in [0.2, 0.25) is 0 Å². The van der Waals surface area contributed by atoms with E-state index < -0.39 is 21.1 Å². The Morgan fingerprint density at radius 1 is 0.857 bits per heavy atom. The molecule has 0 aliphatic heterocycles. The molecule has 0 bridgehead atoms. The van der Waals surface area contributed by atoms with E-state index in [9.17, 15) is 8.42 Å². The van der Waals surface area contributed by atoms with Crippen LogP contribution in [-0.4, -0.2) is 19.7 Å². The maximum absolute atomic E-state index is 12.6. The summed E-state index contributed by atoms with van der Waals surface area (Å²) in [4.78, 5) is 0.254. The summed E-state index contributed by atoms with van der Waals surface area (Å²) in [7, 11) is -3.46. The van der Waals surface area contributed by atoms with E-state index in [2.05, 4.69) is 0 Å². The minimum atomic E-state index is -3.46. The summed E-state index contributed by atoms with van der Waals surface area (Å²) < 4.78 is 25.2. The van der Waals surface area contributed by atoms with Crippen molar-refractivity contribution in [2.45, 2.75) is 22.1 Å². The van der Waals surface area contributed by atoms with Crippen molar-refractivity contribution in [3.8, 4) is 0 Å². The Morgan fingerprint density at radius 2 is 1.33 bits per heavy atom. The molecule has 0 radical (unpaired) electrons. The van der Waals surface area contributed by atoms with Gasteiger partial charge in [-0.1, -0.05) is 35.3 Å². The Hall–Kier alpha value is -1.07. The first-order valence-electron chi connectivity index (χ1n) is 6.42. The number of hydrogen-bond acceptors (Lipinski definition) is 3. The fourth-order valence-corrected chi connectivity index (χ4v) is 4.88. The summed E-state index contributed by atoms with van der Waals surface area (Å²) in [5.74, 6) is -0.192. The van der Waals surface area contributed by atoms with Gasteiger partial charge in [-0.15, -0.1) is 0 Å². The Kier molecular flexibility index (Phi) is 3.74. The number of rotatable bonds is 3. The predicted molar refractivity (Wildman–Crippen MR) is 84.6 cm³/mol. The van der Waals surface area contributed by atoms with Crippen LogP contribution in [0.15, 0.2) is 53.4 Å². The summed E-state index contributed by atoms with van der Waals surface area (Å²) >= 11 is 11.6. The topological polar surface area (TPSA) is 60.2 Å². The summed E-state index contributed by atoms with van der Waals surface area (Å²) in [5, 5.41) is 0.522. The molecular weight excluding hydrogens is 329 g/mol. The van der Waals surface area contributed by atoms with Crippen LogP contribution in [0.25, 0.3) is 0 Å². The first kappa shape index (κ1) is 14.9. The maximum atomic E-state index is 12.6. The number of hydrogen-bond donors (Lipinski definition) is 1. The van der Waals surface area contributed by atoms with Crippen LogP contribution >= 0.6 is 23.2 Å². The lowest BCUT2D eigenvalue weighted by Gasteiger charge is -2.04. The van der Waals surface area contributed by atoms with Crippen molar-refractivity contribution in [1.82, 2.24) is 0 Å². The van der Waals surface area contributed by atoms with Crippen LogP contribution in [0.2, 0.25) is 10.0 Å². The van der Waals surface area contributed by atoms with Crippen LogP contribution in [0.5, 0.6) is 0 Å². The van der Waals surface area contributed by atoms with Crippen molar-refractivity contribution in [3.63, 3.8) is 0 Å². The van der Waals surface area contributed by atoms with E-state index in [1.807, 2.05) is 12.1 Å². The lowest BCUT2D eigenvalue weighted by molar-refractivity contribution is 0.593. The van der Waals surface area contributed by atoms with Crippen LogP contribution in [0.1, 0.15) is 11.5 Å². The molecule has 6 heteroatoms. The minimum Gasteiger partial charge on any atom is -0.326 e. The van der Waals surface area contributed by atoms with E-state index in [4.69, 9.17) is 28.9 Å². The molecule has 2 aromatic carbocycles. The summed E-state index contributed by atoms with van der Waals surface area (Å²) in [6.45, 7) is 0. The molecule has 3 nitrogen and oxygen atoms in total. The molecule has 0 spiro atoms. The molecule has 1 aliphatic carbocycles. The molecule has 2 N–H and O–H groups in total. The molecule has 0 aromatic heterocycles. The smallest absolute Gasteiger partial charge is 0.183 e. The number of nitrogens with two attached hydrogens (primary N) is 1. The third-order valence-electron chi connectivity index (χ3n) is 3.76. The predicted octanol–water partition coefficient (Wildman–Crippen LogP) is 3.26. The molecule has 21 heavy (non-hydrogen) atoms. The Morgan fingerprint density at radius 3 is 1.86 bits per heavy atom. The zero-order valence-electron chi connectivity index (χ0n) is 10.9. The zero-order chi connectivity index (χ0) is 15.2. The van der Waals surface area contributed by atoms with Crippen LogP contribution in [0, 0.1) is 0 Å². The molecule has 0 amide bonds. The molecule has 3 atom stereocenters. The standard InChI is InChI=1S/C15H13Cl2NO2S/c16-10-3-1-9(2-4-10)13-14(18)15(13)21(19,20)12-7-5-11(17)6-8-12/h1-8,13-15H,18H2/t13-,14-,15+/m1/s1. The molecule has 0 saturated heterocycles. The molecule has 1 fully saturated rings. The highest BCUT2D eigenvalue weighted by atomic mass is 35.5. The fourth-order valence-electron chi connectivity index (χ4n) is 2.58. The van der Waals surface area contributed by atoms with E-state index >= 15 is 0 Å². The van der Waals surface area contributed by atoms with Crippen molar-refractivity contribution in [3.05, 3.63) is 64.1 Å². The normalized spacial score (nSPS) is 24.8. The maximum Gasteiger partial charge on any atom is 0.183 e. The van der Waals surface area contributed by atoms with Crippen molar-refractivity contribution in [2.24, 2.45) is 5.73 Å². The van der Waals surface area contributed by atoms with Crippen LogP contribution in [0.3, 0.4) is 0 Å². The summed E-state index contributed by atoms with van der Waals surface area (Å²) in [6.07, 6.45) is 0. The highest BCUT2D eigenvalue weighted by Crippen LogP contribution is 2.47. The SMILES string of the molecule is N[C@@H]1[C@@H](c2ccc(Cl)cc2)[C@@H]1S(=O)(=O)c1ccc(Cl)cc1. The lowest BCUT2D eigenvalue weighted by Crippen LogP contribution is -2.15. The quantitative estimate of drug-likeness (QED) is 0.931. The molecule has 3 rings (SSSR count). The van der Waals surface area contributed by atoms with Crippen LogP contribution in [0.4, 0.5) is 0 Å². The van der Waals surface area contributed by atoms with Crippen molar-refractivity contribution >= 4 is 33.0 Å². The Labute approximate surface area is 133 Å². The third kappa shape index (κ3) is 2.69. The average molecular weight is 342 g/mol. The van der Waals surface area contributed by atoms with E-state index in [-0.39, 0.29) is 10.8 Å². The third-order valence-corrected chi connectivity index (χ3v) is 6.52. The van der Waals surface area contributed by atoms with E-state index in [0.29, 0.717) is 10.0 Å². The van der Waals surface area contributed by atoms with Gasteiger partial charge in [0.25, 0.3) is 0 Å². The van der Waals surface area contributed by atoms with E-state index in [0.717, 1.165) is 5.56 Å².